The molecule has 1 aliphatic heterocycles. The molecule has 0 bridgehead atoms. The number of hydrogen-bond acceptors (Lipinski definition) is 4. The minimum absolute atomic E-state index is 0.0598. The smallest absolute Gasteiger partial charge is 0.234 e. The lowest BCUT2D eigenvalue weighted by atomic mass is 9.97. The summed E-state index contributed by atoms with van der Waals surface area (Å²) >= 11 is 0. The Balaban J connectivity index is 2.45. The van der Waals surface area contributed by atoms with Crippen molar-refractivity contribution in [3.8, 4) is 17.6 Å². The number of benzene rings is 1. The fraction of sp³-hybridized carbons (Fsp3) is 0.375. The summed E-state index contributed by atoms with van der Waals surface area (Å²) in [5.74, 6) is 5.34. The number of imide groups is 1. The lowest BCUT2D eigenvalue weighted by Gasteiger charge is -2.29. The van der Waals surface area contributed by atoms with Crippen LogP contribution >= 0.6 is 0 Å². The van der Waals surface area contributed by atoms with Crippen LogP contribution in [0.2, 0.25) is 0 Å². The van der Waals surface area contributed by atoms with Gasteiger partial charge in [0.2, 0.25) is 11.8 Å². The SMILES string of the molecule is COc1ccc(C#CCO)cc1N1C(=O)CC(C)CC1=O. The van der Waals surface area contributed by atoms with Gasteiger partial charge in [-0.1, -0.05) is 18.8 Å². The van der Waals surface area contributed by atoms with E-state index in [9.17, 15) is 9.59 Å². The Hall–Kier alpha value is -2.32. The Morgan fingerprint density at radius 2 is 2.00 bits per heavy atom. The van der Waals surface area contributed by atoms with E-state index < -0.39 is 0 Å². The Morgan fingerprint density at radius 1 is 1.33 bits per heavy atom. The highest BCUT2D eigenvalue weighted by atomic mass is 16.5. The van der Waals surface area contributed by atoms with Gasteiger partial charge in [0.25, 0.3) is 0 Å². The van der Waals surface area contributed by atoms with Gasteiger partial charge in [-0.05, 0) is 24.1 Å². The van der Waals surface area contributed by atoms with Gasteiger partial charge in [0.15, 0.2) is 0 Å². The molecule has 0 aliphatic carbocycles. The van der Waals surface area contributed by atoms with Crippen molar-refractivity contribution in [2.45, 2.75) is 19.8 Å². The number of nitrogens with zero attached hydrogens (tertiary/aromatic N) is 1. The van der Waals surface area contributed by atoms with E-state index in [1.807, 2.05) is 6.92 Å². The first-order chi connectivity index (χ1) is 10.1. The molecule has 0 saturated carbocycles. The maximum atomic E-state index is 12.2. The van der Waals surface area contributed by atoms with Gasteiger partial charge in [0.1, 0.15) is 12.4 Å². The van der Waals surface area contributed by atoms with E-state index in [2.05, 4.69) is 11.8 Å². The topological polar surface area (TPSA) is 66.8 Å². The van der Waals surface area contributed by atoms with Gasteiger partial charge < -0.3 is 9.84 Å². The molecule has 1 aromatic rings. The highest BCUT2D eigenvalue weighted by Crippen LogP contribution is 2.33. The minimum atomic E-state index is -0.250. The second kappa shape index (κ2) is 6.42. The average Bonchev–Trinajstić information content (AvgIpc) is 2.44. The van der Waals surface area contributed by atoms with Crippen LogP contribution in [0.4, 0.5) is 5.69 Å². The number of amides is 2. The van der Waals surface area contributed by atoms with Crippen molar-refractivity contribution in [1.29, 1.82) is 0 Å². The second-order valence-corrected chi connectivity index (χ2v) is 4.98. The number of anilines is 1. The Morgan fingerprint density at radius 3 is 2.57 bits per heavy atom. The molecule has 1 N–H and O–H groups in total. The van der Waals surface area contributed by atoms with Crippen molar-refractivity contribution < 1.29 is 19.4 Å². The maximum absolute atomic E-state index is 12.2. The number of hydrogen-bond donors (Lipinski definition) is 1. The van der Waals surface area contributed by atoms with Crippen molar-refractivity contribution in [3.63, 3.8) is 0 Å². The van der Waals surface area contributed by atoms with Crippen LogP contribution in [0.5, 0.6) is 5.75 Å². The zero-order chi connectivity index (χ0) is 15.4. The third-order valence-corrected chi connectivity index (χ3v) is 3.28. The van der Waals surface area contributed by atoms with Crippen molar-refractivity contribution >= 4 is 17.5 Å². The summed E-state index contributed by atoms with van der Waals surface area (Å²) in [5.41, 5.74) is 1.02. The number of ether oxygens (including phenoxy) is 1. The number of aliphatic hydroxyl groups excluding tert-OH is 1. The highest BCUT2D eigenvalue weighted by molar-refractivity contribution is 6.17. The molecule has 1 heterocycles. The molecule has 0 radical (unpaired) electrons. The molecule has 5 nitrogen and oxygen atoms in total. The first-order valence-corrected chi connectivity index (χ1v) is 6.70. The largest absolute Gasteiger partial charge is 0.495 e. The Labute approximate surface area is 123 Å². The van der Waals surface area contributed by atoms with Crippen molar-refractivity contribution in [3.05, 3.63) is 23.8 Å². The first-order valence-electron chi connectivity index (χ1n) is 6.70. The fourth-order valence-electron chi connectivity index (χ4n) is 2.34. The zero-order valence-corrected chi connectivity index (χ0v) is 12.0. The fourth-order valence-corrected chi connectivity index (χ4v) is 2.34. The number of piperidine rings is 1. The highest BCUT2D eigenvalue weighted by Gasteiger charge is 2.33. The predicted molar refractivity (Wildman–Crippen MR) is 77.8 cm³/mol. The molecule has 1 aromatic carbocycles. The van der Waals surface area contributed by atoms with Gasteiger partial charge >= 0.3 is 0 Å². The predicted octanol–water partition coefficient (Wildman–Crippen LogP) is 1.33. The third kappa shape index (κ3) is 3.23. The number of aliphatic hydroxyl groups is 1. The first kappa shape index (κ1) is 15.1. The van der Waals surface area contributed by atoms with E-state index in [1.165, 1.54) is 12.0 Å². The molecule has 110 valence electrons. The molecule has 1 aliphatic rings. The molecule has 0 atom stereocenters. The van der Waals surface area contributed by atoms with Crippen LogP contribution in [-0.4, -0.2) is 30.6 Å². The molecule has 2 amide bonds. The van der Waals surface area contributed by atoms with E-state index in [1.54, 1.807) is 18.2 Å². The van der Waals surface area contributed by atoms with Crippen LogP contribution < -0.4 is 9.64 Å². The van der Waals surface area contributed by atoms with Crippen molar-refractivity contribution in [1.82, 2.24) is 0 Å². The summed E-state index contributed by atoms with van der Waals surface area (Å²) in [6.45, 7) is 1.63. The number of carbonyl (C=O) groups excluding carboxylic acids is 2. The Kier molecular flexibility index (Phi) is 4.61. The van der Waals surface area contributed by atoms with Gasteiger partial charge in [0.05, 0.1) is 12.8 Å². The molecule has 0 aromatic heterocycles. The summed E-state index contributed by atoms with van der Waals surface area (Å²) in [4.78, 5) is 25.5. The summed E-state index contributed by atoms with van der Waals surface area (Å²) in [5, 5.41) is 8.74. The lowest BCUT2D eigenvalue weighted by Crippen LogP contribution is -2.43. The van der Waals surface area contributed by atoms with Crippen LogP contribution in [0, 0.1) is 17.8 Å². The van der Waals surface area contributed by atoms with E-state index in [-0.39, 0.29) is 24.3 Å². The maximum Gasteiger partial charge on any atom is 0.234 e. The standard InChI is InChI=1S/C16H17NO4/c1-11-8-15(19)17(16(20)9-11)13-10-12(4-3-7-18)5-6-14(13)21-2/h5-6,10-11,18H,7-9H2,1-2H3. The average molecular weight is 287 g/mol. The van der Waals surface area contributed by atoms with Crippen LogP contribution in [0.3, 0.4) is 0 Å². The van der Waals surface area contributed by atoms with Crippen LogP contribution in [0.1, 0.15) is 25.3 Å². The Bertz CT molecular complexity index is 609. The van der Waals surface area contributed by atoms with Crippen molar-refractivity contribution in [2.24, 2.45) is 5.92 Å². The van der Waals surface area contributed by atoms with E-state index >= 15 is 0 Å². The van der Waals surface area contributed by atoms with Gasteiger partial charge in [-0.15, -0.1) is 0 Å². The molecular formula is C16H17NO4. The van der Waals surface area contributed by atoms with Crippen LogP contribution in [0.25, 0.3) is 0 Å². The second-order valence-electron chi connectivity index (χ2n) is 4.98. The summed E-state index contributed by atoms with van der Waals surface area (Å²) in [7, 11) is 1.49. The van der Waals surface area contributed by atoms with Crippen LogP contribution in [-0.2, 0) is 9.59 Å². The normalized spacial score (nSPS) is 15.7. The van der Waals surface area contributed by atoms with E-state index in [4.69, 9.17) is 9.84 Å². The third-order valence-electron chi connectivity index (χ3n) is 3.28. The molecule has 0 spiro atoms. The summed E-state index contributed by atoms with van der Waals surface area (Å²) in [6, 6.07) is 5.01. The molecule has 5 heteroatoms. The van der Waals surface area contributed by atoms with E-state index in [0.717, 1.165) is 0 Å². The number of rotatable bonds is 2. The minimum Gasteiger partial charge on any atom is -0.495 e. The molecule has 0 unspecified atom stereocenters. The quantitative estimate of drug-likeness (QED) is 0.658. The van der Waals surface area contributed by atoms with Gasteiger partial charge in [-0.3, -0.25) is 9.59 Å². The number of methoxy groups -OCH3 is 1. The number of carbonyl (C=O) groups is 2. The molecular weight excluding hydrogens is 270 g/mol. The lowest BCUT2D eigenvalue weighted by molar-refractivity contribution is -0.130. The van der Waals surface area contributed by atoms with E-state index in [0.29, 0.717) is 29.8 Å². The molecule has 2 rings (SSSR count). The molecule has 1 saturated heterocycles. The van der Waals surface area contributed by atoms with Gasteiger partial charge in [0, 0.05) is 18.4 Å². The molecule has 1 fully saturated rings. The van der Waals surface area contributed by atoms with Gasteiger partial charge in [-0.25, -0.2) is 4.90 Å². The summed E-state index contributed by atoms with van der Waals surface area (Å²) < 4.78 is 5.24. The summed E-state index contributed by atoms with van der Waals surface area (Å²) in [6.07, 6.45) is 0.670. The van der Waals surface area contributed by atoms with Crippen molar-refractivity contribution in [2.75, 3.05) is 18.6 Å². The molecule has 21 heavy (non-hydrogen) atoms. The zero-order valence-electron chi connectivity index (χ0n) is 12.0. The monoisotopic (exact) mass is 287 g/mol. The van der Waals surface area contributed by atoms with Gasteiger partial charge in [-0.2, -0.15) is 0 Å². The van der Waals surface area contributed by atoms with Crippen LogP contribution in [0.15, 0.2) is 18.2 Å².